The molecule has 0 bridgehead atoms. The third kappa shape index (κ3) is 4.53. The molecule has 2 aliphatic rings. The molecule has 0 aromatic carbocycles. The maximum absolute atomic E-state index is 13.2. The van der Waals surface area contributed by atoms with Gasteiger partial charge in [-0.15, -0.1) is 0 Å². The number of rotatable bonds is 5. The Balaban J connectivity index is 1.45. The number of hydrogen-bond acceptors (Lipinski definition) is 7. The lowest BCUT2D eigenvalue weighted by atomic mass is 9.86. The molecule has 2 aliphatic heterocycles. The molecule has 2 aromatic rings. The number of aryl methyl sites for hydroxylation is 2. The van der Waals surface area contributed by atoms with Crippen LogP contribution in [0.3, 0.4) is 0 Å². The SMILES string of the molecule is Cc1nc2c(cc1/C(N)=N/N)CC[C@@]1(CCN(C(=O)[C@H](C)c3ccc(OC(F)F)nc3)C1)N2. The van der Waals surface area contributed by atoms with Crippen LogP contribution in [0.1, 0.15) is 48.1 Å². The summed E-state index contributed by atoms with van der Waals surface area (Å²) in [6, 6.07) is 4.91. The van der Waals surface area contributed by atoms with Crippen LogP contribution in [0.15, 0.2) is 29.5 Å². The number of carbonyl (C=O) groups excluding carboxylic acids is 1. The van der Waals surface area contributed by atoms with Crippen LogP contribution >= 0.6 is 0 Å². The summed E-state index contributed by atoms with van der Waals surface area (Å²) in [6.45, 7) is 1.89. The molecule has 1 amide bonds. The first-order valence-electron chi connectivity index (χ1n) is 10.7. The molecule has 5 N–H and O–H groups in total. The highest BCUT2D eigenvalue weighted by atomic mass is 19.3. The first kappa shape index (κ1) is 22.7. The zero-order chi connectivity index (χ0) is 23.8. The molecule has 2 aromatic heterocycles. The third-order valence-electron chi connectivity index (χ3n) is 6.47. The summed E-state index contributed by atoms with van der Waals surface area (Å²) < 4.78 is 28.9. The van der Waals surface area contributed by atoms with Crippen LogP contribution < -0.4 is 21.6 Å². The Morgan fingerprint density at radius 2 is 2.15 bits per heavy atom. The lowest BCUT2D eigenvalue weighted by Gasteiger charge is -2.36. The van der Waals surface area contributed by atoms with Crippen molar-refractivity contribution in [3.63, 3.8) is 0 Å². The maximum Gasteiger partial charge on any atom is 0.388 e. The number of anilines is 1. The lowest BCUT2D eigenvalue weighted by Crippen LogP contribution is -2.46. The fourth-order valence-electron chi connectivity index (χ4n) is 4.55. The number of pyridine rings is 2. The van der Waals surface area contributed by atoms with Gasteiger partial charge in [-0.1, -0.05) is 6.07 Å². The number of aromatic nitrogens is 2. The van der Waals surface area contributed by atoms with E-state index in [0.717, 1.165) is 41.9 Å². The van der Waals surface area contributed by atoms with Crippen LogP contribution in [0.2, 0.25) is 0 Å². The molecule has 2 atom stereocenters. The number of hydrogen-bond donors (Lipinski definition) is 3. The molecule has 1 spiro atoms. The molecule has 33 heavy (non-hydrogen) atoms. The second-order valence-electron chi connectivity index (χ2n) is 8.59. The van der Waals surface area contributed by atoms with E-state index in [1.54, 1.807) is 13.0 Å². The number of ether oxygens (including phenoxy) is 1. The first-order chi connectivity index (χ1) is 15.7. The number of halogens is 2. The van der Waals surface area contributed by atoms with E-state index in [2.05, 4.69) is 25.1 Å². The van der Waals surface area contributed by atoms with Gasteiger partial charge in [0.1, 0.15) is 5.82 Å². The Bertz CT molecular complexity index is 1080. The Kier molecular flexibility index (Phi) is 6.05. The van der Waals surface area contributed by atoms with Crippen LogP contribution in [0, 0.1) is 6.92 Å². The third-order valence-corrected chi connectivity index (χ3v) is 6.47. The van der Waals surface area contributed by atoms with Crippen LogP contribution in [0.25, 0.3) is 0 Å². The van der Waals surface area contributed by atoms with E-state index in [-0.39, 0.29) is 23.2 Å². The van der Waals surface area contributed by atoms with Gasteiger partial charge in [0.15, 0.2) is 5.84 Å². The lowest BCUT2D eigenvalue weighted by molar-refractivity contribution is -0.131. The molecular formula is C22H27F2N7O2. The molecule has 1 saturated heterocycles. The van der Waals surface area contributed by atoms with Gasteiger partial charge in [-0.25, -0.2) is 9.97 Å². The zero-order valence-electron chi connectivity index (χ0n) is 18.5. The highest BCUT2D eigenvalue weighted by molar-refractivity contribution is 5.98. The van der Waals surface area contributed by atoms with E-state index in [1.807, 2.05) is 17.9 Å². The molecule has 4 heterocycles. The number of likely N-dealkylation sites (tertiary alicyclic amines) is 1. The van der Waals surface area contributed by atoms with Gasteiger partial charge in [0.2, 0.25) is 11.8 Å². The van der Waals surface area contributed by atoms with Gasteiger partial charge < -0.3 is 26.5 Å². The van der Waals surface area contributed by atoms with Gasteiger partial charge in [0.05, 0.1) is 17.2 Å². The van der Waals surface area contributed by atoms with Crippen molar-refractivity contribution in [2.45, 2.75) is 51.2 Å². The Morgan fingerprint density at radius 1 is 1.36 bits per heavy atom. The van der Waals surface area contributed by atoms with Crippen molar-refractivity contribution in [2.24, 2.45) is 16.7 Å². The summed E-state index contributed by atoms with van der Waals surface area (Å²) in [5, 5.41) is 7.14. The molecule has 11 heteroatoms. The summed E-state index contributed by atoms with van der Waals surface area (Å²) in [7, 11) is 0. The fraction of sp³-hybridized carbons (Fsp3) is 0.455. The monoisotopic (exact) mass is 459 g/mol. The van der Waals surface area contributed by atoms with Gasteiger partial charge >= 0.3 is 6.61 Å². The molecular weight excluding hydrogens is 432 g/mol. The van der Waals surface area contributed by atoms with Crippen LogP contribution in [-0.2, 0) is 11.2 Å². The first-order valence-corrected chi connectivity index (χ1v) is 10.7. The molecule has 9 nitrogen and oxygen atoms in total. The van der Waals surface area contributed by atoms with E-state index in [9.17, 15) is 13.6 Å². The van der Waals surface area contributed by atoms with Gasteiger partial charge in [-0.3, -0.25) is 4.79 Å². The standard InChI is InChI=1S/C22H27F2N7O2/c1-12(15-3-4-17(27-10-15)33-21(23)24)20(32)31-8-7-22(11-31)6-5-14-9-16(18(25)30-26)13(2)28-19(14)29-22/h3-4,9-10,12,21H,5-8,11,26H2,1-2H3,(H2,25,30)(H,28,29)/t12-,22+/m1/s1. The van der Waals surface area contributed by atoms with E-state index in [0.29, 0.717) is 18.7 Å². The normalized spacial score (nSPS) is 21.1. The number of nitrogens with two attached hydrogens (primary N) is 2. The van der Waals surface area contributed by atoms with Crippen LogP contribution in [-0.4, -0.2) is 51.9 Å². The Labute approximate surface area is 190 Å². The van der Waals surface area contributed by atoms with Gasteiger partial charge in [0, 0.05) is 30.9 Å². The Hall–Kier alpha value is -3.50. The molecule has 0 radical (unpaired) electrons. The predicted molar refractivity (Wildman–Crippen MR) is 119 cm³/mol. The van der Waals surface area contributed by atoms with Crippen molar-refractivity contribution in [1.82, 2.24) is 14.9 Å². The maximum atomic E-state index is 13.2. The molecule has 0 unspecified atom stereocenters. The molecule has 0 aliphatic carbocycles. The highest BCUT2D eigenvalue weighted by Gasteiger charge is 2.43. The van der Waals surface area contributed by atoms with Crippen LogP contribution in [0.4, 0.5) is 14.6 Å². The van der Waals surface area contributed by atoms with Crippen molar-refractivity contribution in [3.05, 3.63) is 46.8 Å². The number of fused-ring (bicyclic) bond motifs is 1. The molecule has 0 saturated carbocycles. The minimum atomic E-state index is -2.94. The summed E-state index contributed by atoms with van der Waals surface area (Å²) >= 11 is 0. The minimum Gasteiger partial charge on any atom is -0.417 e. The van der Waals surface area contributed by atoms with E-state index < -0.39 is 12.5 Å². The van der Waals surface area contributed by atoms with Gasteiger partial charge in [-0.05, 0) is 50.3 Å². The second kappa shape index (κ2) is 8.80. The average molecular weight is 460 g/mol. The van der Waals surface area contributed by atoms with Gasteiger partial charge in [0.25, 0.3) is 0 Å². The number of amidine groups is 1. The zero-order valence-corrected chi connectivity index (χ0v) is 18.5. The van der Waals surface area contributed by atoms with Gasteiger partial charge in [-0.2, -0.15) is 13.9 Å². The summed E-state index contributed by atoms with van der Waals surface area (Å²) in [6.07, 6.45) is 3.86. The number of alkyl halides is 2. The summed E-state index contributed by atoms with van der Waals surface area (Å²) in [5.74, 6) is 5.71. The van der Waals surface area contributed by atoms with Crippen LogP contribution in [0.5, 0.6) is 5.88 Å². The predicted octanol–water partition coefficient (Wildman–Crippen LogP) is 2.10. The largest absolute Gasteiger partial charge is 0.417 e. The smallest absolute Gasteiger partial charge is 0.388 e. The van der Waals surface area contributed by atoms with Crippen molar-refractivity contribution < 1.29 is 18.3 Å². The van der Waals surface area contributed by atoms with Crippen molar-refractivity contribution in [3.8, 4) is 5.88 Å². The fourth-order valence-corrected chi connectivity index (χ4v) is 4.55. The Morgan fingerprint density at radius 3 is 2.82 bits per heavy atom. The van der Waals surface area contributed by atoms with Crippen molar-refractivity contribution in [2.75, 3.05) is 18.4 Å². The van der Waals surface area contributed by atoms with Crippen molar-refractivity contribution >= 4 is 17.6 Å². The van der Waals surface area contributed by atoms with E-state index in [4.69, 9.17) is 11.6 Å². The molecule has 4 rings (SSSR count). The number of nitrogens with one attached hydrogen (secondary N) is 1. The second-order valence-corrected chi connectivity index (χ2v) is 8.59. The van der Waals surface area contributed by atoms with E-state index >= 15 is 0 Å². The van der Waals surface area contributed by atoms with E-state index in [1.165, 1.54) is 12.3 Å². The number of carbonyl (C=O) groups is 1. The quantitative estimate of drug-likeness (QED) is 0.270. The molecule has 176 valence electrons. The number of hydrazone groups is 1. The topological polar surface area (TPSA) is 132 Å². The number of amides is 1. The number of nitrogens with zero attached hydrogens (tertiary/aromatic N) is 4. The van der Waals surface area contributed by atoms with Crippen molar-refractivity contribution in [1.29, 1.82) is 0 Å². The highest BCUT2D eigenvalue weighted by Crippen LogP contribution is 2.37. The summed E-state index contributed by atoms with van der Waals surface area (Å²) in [4.78, 5) is 23.5. The minimum absolute atomic E-state index is 0.0322. The average Bonchev–Trinajstić information content (AvgIpc) is 3.20. The molecule has 1 fully saturated rings. The summed E-state index contributed by atoms with van der Waals surface area (Å²) in [5.41, 5.74) is 8.78.